The number of rotatable bonds is 7. The first-order chi connectivity index (χ1) is 15.2. The zero-order valence-electron chi connectivity index (χ0n) is 18.2. The summed E-state index contributed by atoms with van der Waals surface area (Å²) < 4.78 is 5.24. The first-order valence-corrected chi connectivity index (χ1v) is 11.1. The lowest BCUT2D eigenvalue weighted by Crippen LogP contribution is -3.13. The molecule has 0 saturated carbocycles. The number of carbonyl (C=O) groups is 1. The van der Waals surface area contributed by atoms with Gasteiger partial charge in [-0.1, -0.05) is 60.7 Å². The fourth-order valence-electron chi connectivity index (χ4n) is 4.38. The molecule has 0 atom stereocenters. The molecule has 0 unspecified atom stereocenters. The smallest absolute Gasteiger partial charge is 0.223 e. The fraction of sp³-hybridized carbons (Fsp3) is 0.296. The molecule has 1 saturated heterocycles. The van der Waals surface area contributed by atoms with Crippen molar-refractivity contribution in [2.45, 2.75) is 18.9 Å². The van der Waals surface area contributed by atoms with Crippen molar-refractivity contribution < 1.29 is 14.4 Å². The monoisotopic (exact) mass is 415 g/mol. The Labute approximate surface area is 185 Å². The lowest BCUT2D eigenvalue weighted by molar-refractivity contribution is -0.917. The number of hydrogen-bond acceptors (Lipinski definition) is 2. The molecule has 3 aromatic carbocycles. The van der Waals surface area contributed by atoms with Gasteiger partial charge in [-0.05, 0) is 35.4 Å². The van der Waals surface area contributed by atoms with Gasteiger partial charge < -0.3 is 14.5 Å². The van der Waals surface area contributed by atoms with Crippen LogP contribution in [0.1, 0.15) is 29.0 Å². The van der Waals surface area contributed by atoms with Crippen LogP contribution in [0.25, 0.3) is 0 Å². The molecule has 1 N–H and O–H groups in total. The van der Waals surface area contributed by atoms with Crippen LogP contribution >= 0.6 is 0 Å². The van der Waals surface area contributed by atoms with Crippen molar-refractivity contribution >= 4 is 5.91 Å². The number of hydrogen-bond donors (Lipinski definition) is 1. The summed E-state index contributed by atoms with van der Waals surface area (Å²) in [5.74, 6) is 1.24. The molecule has 1 aliphatic heterocycles. The molecule has 1 aliphatic rings. The van der Waals surface area contributed by atoms with E-state index >= 15 is 0 Å². The van der Waals surface area contributed by atoms with Crippen molar-refractivity contribution in [3.8, 4) is 5.75 Å². The molecule has 0 radical (unpaired) electrons. The zero-order chi connectivity index (χ0) is 21.5. The van der Waals surface area contributed by atoms with Gasteiger partial charge in [0, 0.05) is 17.9 Å². The Morgan fingerprint density at radius 1 is 0.871 bits per heavy atom. The maximum Gasteiger partial charge on any atom is 0.223 e. The van der Waals surface area contributed by atoms with Crippen LogP contribution in [-0.4, -0.2) is 44.1 Å². The second-order valence-electron chi connectivity index (χ2n) is 8.23. The van der Waals surface area contributed by atoms with E-state index in [1.54, 1.807) is 7.11 Å². The van der Waals surface area contributed by atoms with Crippen LogP contribution in [0.2, 0.25) is 0 Å². The molecule has 160 valence electrons. The van der Waals surface area contributed by atoms with Crippen LogP contribution in [0.3, 0.4) is 0 Å². The van der Waals surface area contributed by atoms with Crippen LogP contribution in [0.4, 0.5) is 0 Å². The standard InChI is InChI=1S/C27H30N2O2/c1-31-25-14-12-22(13-15-25)21-28-16-18-29(19-17-28)27(30)20-26(23-8-4-2-5-9-23)24-10-6-3-7-11-24/h2-15,26H,16-21H2,1H3/p+1. The zero-order valence-corrected chi connectivity index (χ0v) is 18.2. The van der Waals surface area contributed by atoms with E-state index in [2.05, 4.69) is 65.6 Å². The third-order valence-corrected chi connectivity index (χ3v) is 6.22. The van der Waals surface area contributed by atoms with E-state index in [0.29, 0.717) is 6.42 Å². The molecule has 0 spiro atoms. The van der Waals surface area contributed by atoms with Crippen molar-refractivity contribution in [3.05, 3.63) is 102 Å². The first kappa shape index (κ1) is 21.1. The number of amides is 1. The van der Waals surface area contributed by atoms with Crippen LogP contribution < -0.4 is 9.64 Å². The molecule has 0 aromatic heterocycles. The molecule has 31 heavy (non-hydrogen) atoms. The largest absolute Gasteiger partial charge is 0.497 e. The Kier molecular flexibility index (Phi) is 7.00. The highest BCUT2D eigenvalue weighted by Gasteiger charge is 2.26. The molecule has 1 fully saturated rings. The van der Waals surface area contributed by atoms with Crippen LogP contribution in [0.15, 0.2) is 84.9 Å². The Balaban J connectivity index is 1.36. The summed E-state index contributed by atoms with van der Waals surface area (Å²) in [6.45, 7) is 4.60. The number of nitrogens with one attached hydrogen (secondary N) is 1. The van der Waals surface area contributed by atoms with Gasteiger partial charge in [-0.25, -0.2) is 0 Å². The molecule has 4 heteroatoms. The summed E-state index contributed by atoms with van der Waals surface area (Å²) in [6, 6.07) is 29.1. The van der Waals surface area contributed by atoms with Gasteiger partial charge >= 0.3 is 0 Å². The van der Waals surface area contributed by atoms with Crippen molar-refractivity contribution in [2.75, 3.05) is 33.3 Å². The van der Waals surface area contributed by atoms with Gasteiger partial charge in [0.25, 0.3) is 0 Å². The molecule has 4 rings (SSSR count). The van der Waals surface area contributed by atoms with E-state index in [4.69, 9.17) is 4.74 Å². The number of piperazine rings is 1. The molecule has 4 nitrogen and oxygen atoms in total. The predicted molar refractivity (Wildman–Crippen MR) is 123 cm³/mol. The van der Waals surface area contributed by atoms with Crippen molar-refractivity contribution in [3.63, 3.8) is 0 Å². The minimum absolute atomic E-state index is 0.0968. The molecule has 1 amide bonds. The third-order valence-electron chi connectivity index (χ3n) is 6.22. The summed E-state index contributed by atoms with van der Waals surface area (Å²) >= 11 is 0. The Hall–Kier alpha value is -3.11. The summed E-state index contributed by atoms with van der Waals surface area (Å²) in [5.41, 5.74) is 3.71. The minimum atomic E-state index is 0.0968. The first-order valence-electron chi connectivity index (χ1n) is 11.1. The second kappa shape index (κ2) is 10.3. The van der Waals surface area contributed by atoms with Gasteiger partial charge in [-0.2, -0.15) is 0 Å². The number of methoxy groups -OCH3 is 1. The van der Waals surface area contributed by atoms with Gasteiger partial charge in [-0.3, -0.25) is 4.79 Å². The lowest BCUT2D eigenvalue weighted by atomic mass is 9.88. The number of quaternary nitrogens is 1. The lowest BCUT2D eigenvalue weighted by Gasteiger charge is -2.33. The molecule has 0 aliphatic carbocycles. The predicted octanol–water partition coefficient (Wildman–Crippen LogP) is 3.14. The van der Waals surface area contributed by atoms with Crippen molar-refractivity contribution in [1.29, 1.82) is 0 Å². The van der Waals surface area contributed by atoms with Gasteiger partial charge in [-0.15, -0.1) is 0 Å². The highest BCUT2D eigenvalue weighted by atomic mass is 16.5. The number of ether oxygens (including phenoxy) is 1. The highest BCUT2D eigenvalue weighted by molar-refractivity contribution is 5.78. The molecule has 3 aromatic rings. The number of benzene rings is 3. The average molecular weight is 416 g/mol. The molecular weight excluding hydrogens is 384 g/mol. The van der Waals surface area contributed by atoms with E-state index in [0.717, 1.165) is 38.5 Å². The van der Waals surface area contributed by atoms with E-state index in [1.807, 2.05) is 24.3 Å². The van der Waals surface area contributed by atoms with Gasteiger partial charge in [0.05, 0.1) is 33.3 Å². The average Bonchev–Trinajstić information content (AvgIpc) is 2.84. The van der Waals surface area contributed by atoms with Gasteiger partial charge in [0.15, 0.2) is 0 Å². The Bertz CT molecular complexity index is 910. The third kappa shape index (κ3) is 5.53. The van der Waals surface area contributed by atoms with Gasteiger partial charge in [0.1, 0.15) is 12.3 Å². The quantitative estimate of drug-likeness (QED) is 0.643. The second-order valence-corrected chi connectivity index (χ2v) is 8.23. The maximum absolute atomic E-state index is 13.2. The van der Waals surface area contributed by atoms with Crippen molar-refractivity contribution in [2.24, 2.45) is 0 Å². The molecule has 0 bridgehead atoms. The fourth-order valence-corrected chi connectivity index (χ4v) is 4.38. The van der Waals surface area contributed by atoms with Crippen molar-refractivity contribution in [1.82, 2.24) is 4.90 Å². The van der Waals surface area contributed by atoms with Crippen LogP contribution in [-0.2, 0) is 11.3 Å². The van der Waals surface area contributed by atoms with Crippen LogP contribution in [0.5, 0.6) is 5.75 Å². The van der Waals surface area contributed by atoms with E-state index in [1.165, 1.54) is 21.6 Å². The van der Waals surface area contributed by atoms with E-state index in [9.17, 15) is 4.79 Å². The normalized spacial score (nSPS) is 14.6. The molecular formula is C27H31N2O2+. The summed E-state index contributed by atoms with van der Waals surface area (Å²) in [4.78, 5) is 16.8. The topological polar surface area (TPSA) is 34.0 Å². The summed E-state index contributed by atoms with van der Waals surface area (Å²) in [7, 11) is 1.69. The Morgan fingerprint density at radius 3 is 1.94 bits per heavy atom. The molecule has 1 heterocycles. The minimum Gasteiger partial charge on any atom is -0.497 e. The SMILES string of the molecule is COc1ccc(C[NH+]2CCN(C(=O)CC(c3ccccc3)c3ccccc3)CC2)cc1. The Morgan fingerprint density at radius 2 is 1.42 bits per heavy atom. The van der Waals surface area contributed by atoms with Crippen LogP contribution in [0, 0.1) is 0 Å². The summed E-state index contributed by atoms with van der Waals surface area (Å²) in [6.07, 6.45) is 0.516. The van der Waals surface area contributed by atoms with E-state index < -0.39 is 0 Å². The summed E-state index contributed by atoms with van der Waals surface area (Å²) in [5, 5.41) is 0. The van der Waals surface area contributed by atoms with E-state index in [-0.39, 0.29) is 11.8 Å². The number of carbonyl (C=O) groups excluding carboxylic acids is 1. The van der Waals surface area contributed by atoms with Gasteiger partial charge in [0.2, 0.25) is 5.91 Å². The maximum atomic E-state index is 13.2. The highest BCUT2D eigenvalue weighted by Crippen LogP contribution is 2.28. The number of nitrogens with zero attached hydrogens (tertiary/aromatic N) is 1.